The van der Waals surface area contributed by atoms with E-state index in [9.17, 15) is 14.9 Å². The lowest BCUT2D eigenvalue weighted by Gasteiger charge is -1.97. The van der Waals surface area contributed by atoms with Gasteiger partial charge in [-0.1, -0.05) is 0 Å². The van der Waals surface area contributed by atoms with Gasteiger partial charge in [0, 0.05) is 5.56 Å². The molecule has 0 radical (unpaired) electrons. The first-order valence-electron chi connectivity index (χ1n) is 3.36. The number of aromatic carboxylic acids is 1. The average molecular weight is 182 g/mol. The molecule has 0 unspecified atom stereocenters. The molecule has 0 saturated heterocycles. The van der Waals surface area contributed by atoms with E-state index in [0.717, 1.165) is 6.20 Å². The molecule has 13 heavy (non-hydrogen) atoms. The minimum Gasteiger partial charge on any atom is -0.477 e. The van der Waals surface area contributed by atoms with Gasteiger partial charge in [0.05, 0.1) is 4.92 Å². The molecule has 0 bridgehead atoms. The monoisotopic (exact) mass is 182 g/mol. The minimum atomic E-state index is -1.20. The Morgan fingerprint density at radius 3 is 2.69 bits per heavy atom. The molecular formula is C7H6N2O4. The molecule has 6 heteroatoms. The van der Waals surface area contributed by atoms with E-state index < -0.39 is 10.9 Å². The first kappa shape index (κ1) is 9.11. The number of pyridine rings is 1. The Kier molecular flexibility index (Phi) is 2.23. The normalized spacial score (nSPS) is 9.62. The van der Waals surface area contributed by atoms with E-state index >= 15 is 0 Å². The number of carboxylic acid groups (broad SMARTS) is 1. The highest BCUT2D eigenvalue weighted by Gasteiger charge is 2.13. The van der Waals surface area contributed by atoms with Crippen LogP contribution in [0.15, 0.2) is 12.3 Å². The van der Waals surface area contributed by atoms with Crippen LogP contribution < -0.4 is 0 Å². The zero-order chi connectivity index (χ0) is 10.0. The Bertz CT molecular complexity index is 375. The van der Waals surface area contributed by atoms with E-state index in [2.05, 4.69) is 4.98 Å². The maximum absolute atomic E-state index is 10.4. The number of aromatic nitrogens is 1. The Morgan fingerprint density at radius 1 is 1.69 bits per heavy atom. The molecule has 0 saturated carbocycles. The van der Waals surface area contributed by atoms with Gasteiger partial charge in [-0.15, -0.1) is 0 Å². The molecule has 1 aromatic rings. The fraction of sp³-hybridized carbons (Fsp3) is 0.143. The first-order valence-corrected chi connectivity index (χ1v) is 3.36. The van der Waals surface area contributed by atoms with Crippen LogP contribution in [0.3, 0.4) is 0 Å². The van der Waals surface area contributed by atoms with Crippen molar-refractivity contribution >= 4 is 11.7 Å². The largest absolute Gasteiger partial charge is 0.477 e. The molecule has 1 aromatic heterocycles. The number of nitro groups is 1. The van der Waals surface area contributed by atoms with Gasteiger partial charge in [-0.25, -0.2) is 9.78 Å². The van der Waals surface area contributed by atoms with E-state index in [0.29, 0.717) is 0 Å². The summed E-state index contributed by atoms with van der Waals surface area (Å²) in [5, 5.41) is 18.8. The maximum atomic E-state index is 10.4. The zero-order valence-corrected chi connectivity index (χ0v) is 6.72. The van der Waals surface area contributed by atoms with Crippen LogP contribution in [0, 0.1) is 17.0 Å². The van der Waals surface area contributed by atoms with Crippen molar-refractivity contribution in [3.8, 4) is 0 Å². The maximum Gasteiger partial charge on any atom is 0.354 e. The third-order valence-electron chi connectivity index (χ3n) is 1.50. The molecule has 0 amide bonds. The standard InChI is InChI=1S/C7H6N2O4/c1-4-2-5(7(10)11)8-3-6(4)9(12)13/h2-3H,1H3,(H,10,11). The number of hydrogen-bond donors (Lipinski definition) is 1. The van der Waals surface area contributed by atoms with Crippen molar-refractivity contribution in [1.82, 2.24) is 4.98 Å². The Hall–Kier alpha value is -1.98. The molecule has 0 aliphatic rings. The number of aryl methyl sites for hydroxylation is 1. The van der Waals surface area contributed by atoms with Crippen molar-refractivity contribution in [2.75, 3.05) is 0 Å². The molecule has 68 valence electrons. The van der Waals surface area contributed by atoms with Gasteiger partial charge < -0.3 is 5.11 Å². The van der Waals surface area contributed by atoms with E-state index in [1.54, 1.807) is 0 Å². The van der Waals surface area contributed by atoms with Crippen LogP contribution in [0.5, 0.6) is 0 Å². The summed E-state index contributed by atoms with van der Waals surface area (Å²) in [4.78, 5) is 23.5. The molecule has 6 nitrogen and oxygen atoms in total. The summed E-state index contributed by atoms with van der Waals surface area (Å²) in [6.07, 6.45) is 0.943. The lowest BCUT2D eigenvalue weighted by atomic mass is 10.2. The second kappa shape index (κ2) is 3.18. The zero-order valence-electron chi connectivity index (χ0n) is 6.72. The predicted octanol–water partition coefficient (Wildman–Crippen LogP) is 0.996. The van der Waals surface area contributed by atoms with Crippen molar-refractivity contribution in [2.24, 2.45) is 0 Å². The van der Waals surface area contributed by atoms with E-state index in [1.165, 1.54) is 13.0 Å². The lowest BCUT2D eigenvalue weighted by Crippen LogP contribution is -2.02. The molecule has 1 N–H and O–H groups in total. The highest BCUT2D eigenvalue weighted by molar-refractivity contribution is 5.85. The summed E-state index contributed by atoms with van der Waals surface area (Å²) in [5.74, 6) is -1.20. The summed E-state index contributed by atoms with van der Waals surface area (Å²) >= 11 is 0. The highest BCUT2D eigenvalue weighted by atomic mass is 16.6. The van der Waals surface area contributed by atoms with Crippen molar-refractivity contribution in [1.29, 1.82) is 0 Å². The van der Waals surface area contributed by atoms with Crippen molar-refractivity contribution in [3.05, 3.63) is 33.6 Å². The van der Waals surface area contributed by atoms with E-state index in [1.807, 2.05) is 0 Å². The summed E-state index contributed by atoms with van der Waals surface area (Å²) in [5.41, 5.74) is -0.0782. The molecular weight excluding hydrogens is 176 g/mol. The van der Waals surface area contributed by atoms with Crippen LogP contribution in [0.2, 0.25) is 0 Å². The molecule has 0 atom stereocenters. The van der Waals surface area contributed by atoms with Crippen LogP contribution in [0.4, 0.5) is 5.69 Å². The second-order valence-electron chi connectivity index (χ2n) is 2.42. The van der Waals surface area contributed by atoms with E-state index in [-0.39, 0.29) is 16.9 Å². The molecule has 0 aromatic carbocycles. The topological polar surface area (TPSA) is 93.3 Å². The quantitative estimate of drug-likeness (QED) is 0.543. The van der Waals surface area contributed by atoms with Gasteiger partial charge in [0.15, 0.2) is 0 Å². The fourth-order valence-corrected chi connectivity index (χ4v) is 0.857. The number of nitrogens with zero attached hydrogens (tertiary/aromatic N) is 2. The predicted molar refractivity (Wildman–Crippen MR) is 42.6 cm³/mol. The first-order chi connectivity index (χ1) is 6.02. The van der Waals surface area contributed by atoms with Gasteiger partial charge in [-0.05, 0) is 13.0 Å². The summed E-state index contributed by atoms with van der Waals surface area (Å²) in [7, 11) is 0. The Labute approximate surface area is 73.0 Å². The van der Waals surface area contributed by atoms with Gasteiger partial charge in [0.25, 0.3) is 5.69 Å². The molecule has 1 rings (SSSR count). The van der Waals surface area contributed by atoms with Crippen molar-refractivity contribution in [3.63, 3.8) is 0 Å². The van der Waals surface area contributed by atoms with Crippen LogP contribution >= 0.6 is 0 Å². The molecule has 1 heterocycles. The number of hydrogen-bond acceptors (Lipinski definition) is 4. The fourth-order valence-electron chi connectivity index (χ4n) is 0.857. The Morgan fingerprint density at radius 2 is 2.31 bits per heavy atom. The molecule has 0 aliphatic carbocycles. The number of rotatable bonds is 2. The smallest absolute Gasteiger partial charge is 0.354 e. The Balaban J connectivity index is 3.20. The third kappa shape index (κ3) is 1.78. The van der Waals surface area contributed by atoms with Crippen LogP contribution in [0.25, 0.3) is 0 Å². The lowest BCUT2D eigenvalue weighted by molar-refractivity contribution is -0.385. The van der Waals surface area contributed by atoms with Gasteiger partial charge >= 0.3 is 5.97 Å². The van der Waals surface area contributed by atoms with Crippen molar-refractivity contribution in [2.45, 2.75) is 6.92 Å². The number of carbonyl (C=O) groups is 1. The summed E-state index contributed by atoms with van der Waals surface area (Å²) in [6.45, 7) is 1.46. The molecule has 0 aliphatic heterocycles. The van der Waals surface area contributed by atoms with Gasteiger partial charge in [-0.2, -0.15) is 0 Å². The van der Waals surface area contributed by atoms with Crippen LogP contribution in [-0.4, -0.2) is 21.0 Å². The molecule has 0 fully saturated rings. The van der Waals surface area contributed by atoms with Crippen molar-refractivity contribution < 1.29 is 14.8 Å². The average Bonchev–Trinajstić information content (AvgIpc) is 2.03. The minimum absolute atomic E-state index is 0.176. The van der Waals surface area contributed by atoms with Gasteiger partial charge in [0.1, 0.15) is 11.9 Å². The van der Waals surface area contributed by atoms with Gasteiger partial charge in [0.2, 0.25) is 0 Å². The highest BCUT2D eigenvalue weighted by Crippen LogP contribution is 2.16. The third-order valence-corrected chi connectivity index (χ3v) is 1.50. The number of carboxylic acids is 1. The summed E-state index contributed by atoms with van der Waals surface area (Å²) in [6, 6.07) is 1.17. The second-order valence-corrected chi connectivity index (χ2v) is 2.42. The SMILES string of the molecule is Cc1cc(C(=O)O)ncc1[N+](=O)[O-]. The van der Waals surface area contributed by atoms with E-state index in [4.69, 9.17) is 5.11 Å². The van der Waals surface area contributed by atoms with Crippen LogP contribution in [0.1, 0.15) is 16.1 Å². The molecule has 0 spiro atoms. The van der Waals surface area contributed by atoms with Crippen LogP contribution in [-0.2, 0) is 0 Å². The summed E-state index contributed by atoms with van der Waals surface area (Å²) < 4.78 is 0. The van der Waals surface area contributed by atoms with Gasteiger partial charge in [-0.3, -0.25) is 10.1 Å².